The highest BCUT2D eigenvalue weighted by molar-refractivity contribution is 8.00. The van der Waals surface area contributed by atoms with Crippen LogP contribution in [0.5, 0.6) is 5.75 Å². The third-order valence-electron chi connectivity index (χ3n) is 4.97. The number of para-hydroxylation sites is 1. The van der Waals surface area contributed by atoms with Gasteiger partial charge in [-0.3, -0.25) is 19.4 Å². The molecule has 1 saturated carbocycles. The Kier molecular flexibility index (Phi) is 4.33. The molecule has 132 valence electrons. The zero-order chi connectivity index (χ0) is 17.4. The van der Waals surface area contributed by atoms with Crippen LogP contribution in [-0.4, -0.2) is 28.6 Å². The molecule has 2 heterocycles. The fourth-order valence-corrected chi connectivity index (χ4v) is 4.96. The predicted octanol–water partition coefficient (Wildman–Crippen LogP) is 3.07. The van der Waals surface area contributed by atoms with Crippen molar-refractivity contribution in [2.45, 2.75) is 37.0 Å². The lowest BCUT2D eigenvalue weighted by Gasteiger charge is -2.18. The normalized spacial score (nSPS) is 20.8. The molecule has 0 saturated heterocycles. The number of nitrogens with zero attached hydrogens (tertiary/aromatic N) is 1. The topological polar surface area (TPSA) is 76.1 Å². The Morgan fingerprint density at radius 2 is 1.96 bits per heavy atom. The van der Waals surface area contributed by atoms with Crippen LogP contribution in [0.4, 0.5) is 5.82 Å². The Bertz CT molecular complexity index is 851. The average molecular weight is 359 g/mol. The maximum absolute atomic E-state index is 12.8. The van der Waals surface area contributed by atoms with Gasteiger partial charge in [-0.2, -0.15) is 0 Å². The summed E-state index contributed by atoms with van der Waals surface area (Å²) in [5.74, 6) is 1.59. The lowest BCUT2D eigenvalue weighted by Crippen LogP contribution is -2.18. The summed E-state index contributed by atoms with van der Waals surface area (Å²) in [7, 11) is 1.62. The number of nitrogens with one attached hydrogen (secondary N) is 2. The number of rotatable bonds is 3. The van der Waals surface area contributed by atoms with Crippen LogP contribution in [0.3, 0.4) is 0 Å². The molecule has 0 radical (unpaired) electrons. The summed E-state index contributed by atoms with van der Waals surface area (Å²) in [5.41, 5.74) is 1.40. The van der Waals surface area contributed by atoms with Crippen LogP contribution in [-0.2, 0) is 4.79 Å². The number of hydrogen-bond donors (Lipinski definition) is 2. The molecule has 2 N–H and O–H groups in total. The minimum atomic E-state index is -0.239. The van der Waals surface area contributed by atoms with E-state index in [-0.39, 0.29) is 22.8 Å². The van der Waals surface area contributed by atoms with E-state index in [4.69, 9.17) is 4.74 Å². The first-order valence-corrected chi connectivity index (χ1v) is 9.62. The quantitative estimate of drug-likeness (QED) is 0.883. The fraction of sp³-hybridized carbons (Fsp3) is 0.444. The Balaban J connectivity index is 1.87. The average Bonchev–Trinajstić information content (AvgIpc) is 3.21. The smallest absolute Gasteiger partial charge is 0.270 e. The summed E-state index contributed by atoms with van der Waals surface area (Å²) in [6.07, 6.45) is 4.36. The third kappa shape index (κ3) is 2.86. The first-order chi connectivity index (χ1) is 12.2. The molecule has 1 aliphatic heterocycles. The van der Waals surface area contributed by atoms with Crippen LogP contribution in [0.1, 0.15) is 48.1 Å². The molecule has 1 aromatic carbocycles. The number of anilines is 1. The van der Waals surface area contributed by atoms with Gasteiger partial charge in [0, 0.05) is 5.56 Å². The number of aromatic amines is 1. The van der Waals surface area contributed by atoms with Crippen molar-refractivity contribution in [2.24, 2.45) is 0 Å². The maximum atomic E-state index is 12.8. The molecule has 2 aromatic rings. The summed E-state index contributed by atoms with van der Waals surface area (Å²) in [5, 5.41) is 5.69. The monoisotopic (exact) mass is 359 g/mol. The van der Waals surface area contributed by atoms with Crippen molar-refractivity contribution in [2.75, 3.05) is 18.2 Å². The molecule has 1 aromatic heterocycles. The number of carbonyl (C=O) groups excluding carboxylic acids is 1. The van der Waals surface area contributed by atoms with E-state index in [1.165, 1.54) is 11.8 Å². The van der Waals surface area contributed by atoms with Gasteiger partial charge >= 0.3 is 0 Å². The standard InChI is InChI=1S/C18H21N3O3S/c1-24-13-9-5-4-8-12(13)16-15-17(19-14(22)10-25-16)21(20-18(15)23)11-6-2-3-7-11/h4-5,8-9,11,16H,2-3,6-7,10H2,1H3,(H,19,22)(H,20,23)/t16-/m1/s1. The Morgan fingerprint density at radius 1 is 1.20 bits per heavy atom. The summed E-state index contributed by atoms with van der Waals surface area (Å²) < 4.78 is 7.38. The lowest BCUT2D eigenvalue weighted by molar-refractivity contribution is -0.113. The second-order valence-electron chi connectivity index (χ2n) is 6.49. The van der Waals surface area contributed by atoms with Gasteiger partial charge in [0.25, 0.3) is 5.56 Å². The first kappa shape index (κ1) is 16.3. The molecule has 0 spiro atoms. The highest BCUT2D eigenvalue weighted by atomic mass is 32.2. The molecule has 4 rings (SSSR count). The van der Waals surface area contributed by atoms with Gasteiger partial charge in [0.15, 0.2) is 0 Å². The number of H-pyrrole nitrogens is 1. The molecule has 1 aliphatic carbocycles. The Labute approximate surface area is 149 Å². The molecule has 0 unspecified atom stereocenters. The molecule has 1 amide bonds. The molecule has 2 aliphatic rings. The van der Waals surface area contributed by atoms with Gasteiger partial charge < -0.3 is 10.1 Å². The molecule has 25 heavy (non-hydrogen) atoms. The van der Waals surface area contributed by atoms with Crippen molar-refractivity contribution >= 4 is 23.5 Å². The fourth-order valence-electron chi connectivity index (χ4n) is 3.81. The van der Waals surface area contributed by atoms with E-state index in [0.717, 1.165) is 37.0 Å². The second-order valence-corrected chi connectivity index (χ2v) is 7.59. The van der Waals surface area contributed by atoms with Crippen molar-refractivity contribution in [1.29, 1.82) is 0 Å². The SMILES string of the molecule is COc1ccccc1[C@H]1SCC(=O)Nc2c1c(=O)[nH]n2C1CCCC1. The Hall–Kier alpha value is -2.15. The zero-order valence-electron chi connectivity index (χ0n) is 14.1. The van der Waals surface area contributed by atoms with Crippen LogP contribution in [0.15, 0.2) is 29.1 Å². The van der Waals surface area contributed by atoms with E-state index in [1.807, 2.05) is 28.9 Å². The number of benzene rings is 1. The van der Waals surface area contributed by atoms with E-state index >= 15 is 0 Å². The van der Waals surface area contributed by atoms with Gasteiger partial charge in [-0.05, 0) is 18.9 Å². The molecular weight excluding hydrogens is 338 g/mol. The van der Waals surface area contributed by atoms with Gasteiger partial charge in [0.05, 0.1) is 29.7 Å². The summed E-state index contributed by atoms with van der Waals surface area (Å²) in [6.45, 7) is 0. The molecule has 1 atom stereocenters. The van der Waals surface area contributed by atoms with Gasteiger partial charge in [0.1, 0.15) is 11.6 Å². The van der Waals surface area contributed by atoms with Crippen molar-refractivity contribution < 1.29 is 9.53 Å². The van der Waals surface area contributed by atoms with Crippen LogP contribution in [0.25, 0.3) is 0 Å². The summed E-state index contributed by atoms with van der Waals surface area (Å²) >= 11 is 1.46. The summed E-state index contributed by atoms with van der Waals surface area (Å²) in [4.78, 5) is 25.1. The van der Waals surface area contributed by atoms with E-state index in [1.54, 1.807) is 7.11 Å². The van der Waals surface area contributed by atoms with Gasteiger partial charge in [-0.1, -0.05) is 31.0 Å². The van der Waals surface area contributed by atoms with E-state index < -0.39 is 0 Å². The van der Waals surface area contributed by atoms with E-state index in [2.05, 4.69) is 10.4 Å². The number of thioether (sulfide) groups is 1. The van der Waals surface area contributed by atoms with Gasteiger partial charge in [0.2, 0.25) is 5.91 Å². The lowest BCUT2D eigenvalue weighted by atomic mass is 10.0. The van der Waals surface area contributed by atoms with Crippen LogP contribution >= 0.6 is 11.8 Å². The number of hydrogen-bond acceptors (Lipinski definition) is 4. The van der Waals surface area contributed by atoms with Gasteiger partial charge in [-0.15, -0.1) is 11.8 Å². The minimum absolute atomic E-state index is 0.0746. The van der Waals surface area contributed by atoms with Crippen molar-refractivity contribution in [3.63, 3.8) is 0 Å². The van der Waals surface area contributed by atoms with E-state index in [9.17, 15) is 9.59 Å². The molecular formula is C18H21N3O3S. The Morgan fingerprint density at radius 3 is 2.72 bits per heavy atom. The summed E-state index contributed by atoms with van der Waals surface area (Å²) in [6, 6.07) is 7.93. The number of aromatic nitrogens is 2. The largest absolute Gasteiger partial charge is 0.496 e. The number of methoxy groups -OCH3 is 1. The number of ether oxygens (including phenoxy) is 1. The number of carbonyl (C=O) groups is 1. The molecule has 6 nitrogen and oxygen atoms in total. The first-order valence-electron chi connectivity index (χ1n) is 8.58. The van der Waals surface area contributed by atoms with Crippen LogP contribution in [0.2, 0.25) is 0 Å². The van der Waals surface area contributed by atoms with Gasteiger partial charge in [-0.25, -0.2) is 0 Å². The van der Waals surface area contributed by atoms with E-state index in [0.29, 0.717) is 17.1 Å². The zero-order valence-corrected chi connectivity index (χ0v) is 14.9. The van der Waals surface area contributed by atoms with Crippen LogP contribution < -0.4 is 15.6 Å². The van der Waals surface area contributed by atoms with Crippen LogP contribution in [0, 0.1) is 0 Å². The number of fused-ring (bicyclic) bond motifs is 1. The highest BCUT2D eigenvalue weighted by Crippen LogP contribution is 2.44. The highest BCUT2D eigenvalue weighted by Gasteiger charge is 2.33. The maximum Gasteiger partial charge on any atom is 0.270 e. The van der Waals surface area contributed by atoms with Crippen molar-refractivity contribution in [3.8, 4) is 5.75 Å². The molecule has 7 heteroatoms. The molecule has 1 fully saturated rings. The van der Waals surface area contributed by atoms with Crippen molar-refractivity contribution in [1.82, 2.24) is 9.78 Å². The number of amides is 1. The molecule has 0 bridgehead atoms. The second kappa shape index (κ2) is 6.63. The van der Waals surface area contributed by atoms with Crippen molar-refractivity contribution in [3.05, 3.63) is 45.7 Å². The third-order valence-corrected chi connectivity index (χ3v) is 6.23. The predicted molar refractivity (Wildman–Crippen MR) is 98.5 cm³/mol. The minimum Gasteiger partial charge on any atom is -0.496 e.